The zero-order valence-corrected chi connectivity index (χ0v) is 10.8. The molecule has 2 bridgehead atoms. The summed E-state index contributed by atoms with van der Waals surface area (Å²) in [6, 6.07) is 0. The molecule has 0 radical (unpaired) electrons. The Morgan fingerprint density at radius 3 is 2.82 bits per heavy atom. The van der Waals surface area contributed by atoms with E-state index in [0.717, 1.165) is 18.4 Å². The van der Waals surface area contributed by atoms with Crippen LogP contribution in [0.3, 0.4) is 0 Å². The van der Waals surface area contributed by atoms with Crippen molar-refractivity contribution in [2.45, 2.75) is 39.2 Å². The number of carbonyl (C=O) groups is 1. The fourth-order valence-electron chi connectivity index (χ4n) is 3.99. The predicted molar refractivity (Wildman–Crippen MR) is 68.5 cm³/mol. The minimum Gasteiger partial charge on any atom is -0.389 e. The number of hydrogen-bond acceptors (Lipinski definition) is 2. The van der Waals surface area contributed by atoms with E-state index < -0.39 is 6.10 Å². The van der Waals surface area contributed by atoms with Gasteiger partial charge in [-0.15, -0.1) is 6.58 Å². The van der Waals surface area contributed by atoms with Crippen LogP contribution in [0.25, 0.3) is 0 Å². The number of Topliss-reactive ketones (excluding diaryl/α,β-unsaturated/α-hetero) is 1. The van der Waals surface area contributed by atoms with Gasteiger partial charge < -0.3 is 5.11 Å². The molecule has 0 aliphatic heterocycles. The van der Waals surface area contributed by atoms with Gasteiger partial charge in [-0.05, 0) is 31.6 Å². The third kappa shape index (κ3) is 1.70. The van der Waals surface area contributed by atoms with Crippen molar-refractivity contribution in [3.63, 3.8) is 0 Å². The Balaban J connectivity index is 2.38. The molecule has 1 N–H and O–H groups in total. The van der Waals surface area contributed by atoms with Crippen molar-refractivity contribution >= 4 is 5.78 Å². The molecular formula is C15H22O2. The summed E-state index contributed by atoms with van der Waals surface area (Å²) >= 11 is 0. The Morgan fingerprint density at radius 1 is 1.65 bits per heavy atom. The van der Waals surface area contributed by atoms with Gasteiger partial charge in [0.05, 0.1) is 6.10 Å². The zero-order valence-electron chi connectivity index (χ0n) is 10.8. The largest absolute Gasteiger partial charge is 0.389 e. The lowest BCUT2D eigenvalue weighted by atomic mass is 9.61. The highest BCUT2D eigenvalue weighted by molar-refractivity contribution is 5.88. The van der Waals surface area contributed by atoms with Crippen molar-refractivity contribution in [2.24, 2.45) is 23.2 Å². The molecule has 0 heterocycles. The average Bonchev–Trinajstić information content (AvgIpc) is 2.43. The van der Waals surface area contributed by atoms with Gasteiger partial charge in [0.1, 0.15) is 5.78 Å². The molecule has 2 saturated carbocycles. The SMILES string of the molecule is C=C[C@@H](O)C1C2CC(=O)[C@@]1(C)CCC2C(=C)C. The molecule has 2 heteroatoms. The van der Waals surface area contributed by atoms with Gasteiger partial charge >= 0.3 is 0 Å². The topological polar surface area (TPSA) is 37.3 Å². The third-order valence-corrected chi connectivity index (χ3v) is 4.99. The van der Waals surface area contributed by atoms with Crippen LogP contribution in [0.1, 0.15) is 33.1 Å². The number of ketones is 1. The van der Waals surface area contributed by atoms with Gasteiger partial charge in [0.2, 0.25) is 0 Å². The summed E-state index contributed by atoms with van der Waals surface area (Å²) in [5.74, 6) is 0.987. The lowest BCUT2D eigenvalue weighted by Gasteiger charge is -2.43. The van der Waals surface area contributed by atoms with E-state index in [0.29, 0.717) is 18.1 Å². The molecule has 94 valence electrons. The second-order valence-electron chi connectivity index (χ2n) is 5.95. The van der Waals surface area contributed by atoms with Crippen LogP contribution in [0, 0.1) is 23.2 Å². The third-order valence-electron chi connectivity index (χ3n) is 4.99. The second kappa shape index (κ2) is 4.09. The van der Waals surface area contributed by atoms with Crippen molar-refractivity contribution in [3.05, 3.63) is 24.8 Å². The number of hydrogen-bond donors (Lipinski definition) is 1. The number of rotatable bonds is 3. The second-order valence-corrected chi connectivity index (χ2v) is 5.95. The highest BCUT2D eigenvalue weighted by Gasteiger charge is 2.58. The van der Waals surface area contributed by atoms with Gasteiger partial charge in [-0.25, -0.2) is 0 Å². The number of allylic oxidation sites excluding steroid dienone is 1. The molecule has 2 aliphatic rings. The lowest BCUT2D eigenvalue weighted by molar-refractivity contribution is -0.128. The highest BCUT2D eigenvalue weighted by atomic mass is 16.3. The molecule has 3 unspecified atom stereocenters. The molecule has 0 aromatic rings. The Hall–Kier alpha value is -0.890. The smallest absolute Gasteiger partial charge is 0.139 e. The molecule has 0 saturated heterocycles. The summed E-state index contributed by atoms with van der Waals surface area (Å²) in [6.07, 6.45) is 3.51. The van der Waals surface area contributed by atoms with E-state index in [1.165, 1.54) is 0 Å². The summed E-state index contributed by atoms with van der Waals surface area (Å²) < 4.78 is 0. The minimum absolute atomic E-state index is 0.0305. The first-order chi connectivity index (χ1) is 7.91. The Kier molecular flexibility index (Phi) is 3.03. The van der Waals surface area contributed by atoms with Gasteiger partial charge in [-0.1, -0.05) is 25.2 Å². The van der Waals surface area contributed by atoms with E-state index in [4.69, 9.17) is 0 Å². The van der Waals surface area contributed by atoms with Crippen molar-refractivity contribution in [3.8, 4) is 0 Å². The van der Waals surface area contributed by atoms with E-state index >= 15 is 0 Å². The van der Waals surface area contributed by atoms with Crippen LogP contribution < -0.4 is 0 Å². The van der Waals surface area contributed by atoms with Crippen LogP contribution in [-0.4, -0.2) is 17.0 Å². The summed E-state index contributed by atoms with van der Waals surface area (Å²) in [4.78, 5) is 12.2. The maximum atomic E-state index is 12.2. The minimum atomic E-state index is -0.571. The molecule has 0 amide bonds. The van der Waals surface area contributed by atoms with Gasteiger partial charge in [0.15, 0.2) is 0 Å². The first kappa shape index (κ1) is 12.6. The van der Waals surface area contributed by atoms with Crippen molar-refractivity contribution < 1.29 is 9.90 Å². The summed E-state index contributed by atoms with van der Waals surface area (Å²) in [5.41, 5.74) is 0.803. The lowest BCUT2D eigenvalue weighted by Crippen LogP contribution is -2.43. The average molecular weight is 234 g/mol. The Morgan fingerprint density at radius 2 is 2.29 bits per heavy atom. The van der Waals surface area contributed by atoms with Gasteiger partial charge in [-0.2, -0.15) is 0 Å². The van der Waals surface area contributed by atoms with Crippen LogP contribution in [0.2, 0.25) is 0 Å². The van der Waals surface area contributed by atoms with E-state index in [1.807, 2.05) is 13.8 Å². The van der Waals surface area contributed by atoms with Crippen molar-refractivity contribution in [1.29, 1.82) is 0 Å². The van der Waals surface area contributed by atoms with Crippen LogP contribution in [0.15, 0.2) is 24.8 Å². The van der Waals surface area contributed by atoms with E-state index in [9.17, 15) is 9.90 Å². The van der Waals surface area contributed by atoms with Crippen LogP contribution in [-0.2, 0) is 4.79 Å². The summed E-state index contributed by atoms with van der Waals surface area (Å²) in [6.45, 7) is 11.8. The number of fused-ring (bicyclic) bond motifs is 2. The molecular weight excluding hydrogens is 212 g/mol. The monoisotopic (exact) mass is 234 g/mol. The maximum absolute atomic E-state index is 12.2. The van der Waals surface area contributed by atoms with E-state index in [1.54, 1.807) is 6.08 Å². The molecule has 2 aliphatic carbocycles. The van der Waals surface area contributed by atoms with Crippen molar-refractivity contribution in [1.82, 2.24) is 0 Å². The van der Waals surface area contributed by atoms with Crippen molar-refractivity contribution in [2.75, 3.05) is 0 Å². The Bertz CT molecular complexity index is 371. The summed E-state index contributed by atoms with van der Waals surface area (Å²) in [5, 5.41) is 10.1. The van der Waals surface area contributed by atoms with Gasteiger partial charge in [-0.3, -0.25) is 4.79 Å². The first-order valence-electron chi connectivity index (χ1n) is 6.41. The maximum Gasteiger partial charge on any atom is 0.139 e. The molecule has 0 aromatic heterocycles. The molecule has 0 spiro atoms. The molecule has 0 aromatic carbocycles. The molecule has 17 heavy (non-hydrogen) atoms. The molecule has 5 atom stereocenters. The van der Waals surface area contributed by atoms with E-state index in [2.05, 4.69) is 13.2 Å². The number of aliphatic hydroxyl groups is 1. The van der Waals surface area contributed by atoms with Crippen LogP contribution in [0.4, 0.5) is 0 Å². The first-order valence-corrected chi connectivity index (χ1v) is 6.41. The fourth-order valence-corrected chi connectivity index (χ4v) is 3.99. The van der Waals surface area contributed by atoms with Crippen LogP contribution >= 0.6 is 0 Å². The standard InChI is InChI=1S/C15H22O2/c1-5-12(16)14-11-8-13(17)15(14,4)7-6-10(11)9(2)3/h5,10-12,14,16H,1-2,6-8H2,3-4H3/t10?,11?,12-,14?,15-/m1/s1. The number of aliphatic hydroxyl groups excluding tert-OH is 1. The molecule has 2 rings (SSSR count). The van der Waals surface area contributed by atoms with E-state index in [-0.39, 0.29) is 17.3 Å². The number of carbonyl (C=O) groups excluding carboxylic acids is 1. The fraction of sp³-hybridized carbons (Fsp3) is 0.667. The van der Waals surface area contributed by atoms with Crippen LogP contribution in [0.5, 0.6) is 0 Å². The van der Waals surface area contributed by atoms with Gasteiger partial charge in [0, 0.05) is 17.8 Å². The molecule has 2 fully saturated rings. The molecule has 2 nitrogen and oxygen atoms in total. The van der Waals surface area contributed by atoms with Gasteiger partial charge in [0.25, 0.3) is 0 Å². The zero-order chi connectivity index (χ0) is 12.8. The summed E-state index contributed by atoms with van der Waals surface area (Å²) in [7, 11) is 0. The normalized spacial score (nSPS) is 42.3. The highest BCUT2D eigenvalue weighted by Crippen LogP contribution is 2.58. The predicted octanol–water partition coefficient (Wildman–Crippen LogP) is 2.73. The quantitative estimate of drug-likeness (QED) is 0.762. The Labute approximate surface area is 103 Å².